The normalized spacial score (nSPS) is 15.9. The summed E-state index contributed by atoms with van der Waals surface area (Å²) >= 11 is 0. The third-order valence-corrected chi connectivity index (χ3v) is 6.37. The van der Waals surface area contributed by atoms with Crippen molar-refractivity contribution < 1.29 is 27.4 Å². The lowest BCUT2D eigenvalue weighted by molar-refractivity contribution is 0.0504. The van der Waals surface area contributed by atoms with Gasteiger partial charge in [0.25, 0.3) is 5.91 Å². The monoisotopic (exact) mass is 459 g/mol. The molecule has 3 rings (SSSR count). The number of benzene rings is 2. The molecule has 2 aromatic carbocycles. The molecule has 1 aliphatic rings. The van der Waals surface area contributed by atoms with Gasteiger partial charge < -0.3 is 19.1 Å². The Labute approximate surface area is 189 Å². The maximum atomic E-state index is 13.5. The van der Waals surface area contributed by atoms with Gasteiger partial charge in [0.15, 0.2) is 21.3 Å². The third kappa shape index (κ3) is 5.89. The van der Waals surface area contributed by atoms with E-state index in [9.17, 15) is 13.2 Å². The first kappa shape index (κ1) is 23.8. The van der Waals surface area contributed by atoms with Crippen molar-refractivity contribution in [3.63, 3.8) is 0 Å². The zero-order valence-electron chi connectivity index (χ0n) is 18.5. The van der Waals surface area contributed by atoms with E-state index in [-0.39, 0.29) is 29.0 Å². The van der Waals surface area contributed by atoms with Crippen LogP contribution in [0.4, 0.5) is 0 Å². The van der Waals surface area contributed by atoms with Crippen molar-refractivity contribution in [2.75, 3.05) is 33.1 Å². The molecule has 0 aliphatic carbocycles. The van der Waals surface area contributed by atoms with Crippen LogP contribution in [0.5, 0.6) is 11.5 Å². The second-order valence-corrected chi connectivity index (χ2v) is 9.66. The van der Waals surface area contributed by atoms with E-state index in [4.69, 9.17) is 14.2 Å². The SMILES string of the molecule is C=CCOc1ccc(CN(CC2CCCO2)C(=O)c2ccccc2S(C)(=O)=O)cc1OC. The van der Waals surface area contributed by atoms with Gasteiger partial charge in [-0.2, -0.15) is 0 Å². The van der Waals surface area contributed by atoms with Crippen molar-refractivity contribution in [2.45, 2.75) is 30.4 Å². The number of hydrogen-bond acceptors (Lipinski definition) is 6. The highest BCUT2D eigenvalue weighted by Crippen LogP contribution is 2.29. The van der Waals surface area contributed by atoms with E-state index < -0.39 is 9.84 Å². The molecular weight excluding hydrogens is 430 g/mol. The molecular formula is C24H29NO6S. The van der Waals surface area contributed by atoms with E-state index >= 15 is 0 Å². The summed E-state index contributed by atoms with van der Waals surface area (Å²) in [7, 11) is -2.01. The van der Waals surface area contributed by atoms with Gasteiger partial charge in [0, 0.05) is 26.0 Å². The van der Waals surface area contributed by atoms with Crippen molar-refractivity contribution in [3.05, 3.63) is 66.2 Å². The molecule has 1 heterocycles. The Morgan fingerprint density at radius 1 is 1.25 bits per heavy atom. The van der Waals surface area contributed by atoms with Gasteiger partial charge in [-0.05, 0) is 42.7 Å². The van der Waals surface area contributed by atoms with Crippen molar-refractivity contribution in [1.29, 1.82) is 0 Å². The van der Waals surface area contributed by atoms with Crippen LogP contribution in [0.15, 0.2) is 60.0 Å². The molecule has 32 heavy (non-hydrogen) atoms. The molecule has 7 nitrogen and oxygen atoms in total. The number of nitrogens with zero attached hydrogens (tertiary/aromatic N) is 1. The highest BCUT2D eigenvalue weighted by atomic mass is 32.2. The van der Waals surface area contributed by atoms with E-state index in [2.05, 4.69) is 6.58 Å². The summed E-state index contributed by atoms with van der Waals surface area (Å²) in [4.78, 5) is 15.2. The molecule has 0 aromatic heterocycles. The molecule has 2 aromatic rings. The second kappa shape index (κ2) is 10.7. The van der Waals surface area contributed by atoms with E-state index in [0.717, 1.165) is 24.7 Å². The quantitative estimate of drug-likeness (QED) is 0.506. The van der Waals surface area contributed by atoms with Gasteiger partial charge in [-0.25, -0.2) is 8.42 Å². The zero-order valence-corrected chi connectivity index (χ0v) is 19.3. The highest BCUT2D eigenvalue weighted by molar-refractivity contribution is 7.90. The van der Waals surface area contributed by atoms with Gasteiger partial charge in [0.2, 0.25) is 0 Å². The number of carbonyl (C=O) groups is 1. The summed E-state index contributed by atoms with van der Waals surface area (Å²) < 4.78 is 41.3. The molecule has 0 spiro atoms. The summed E-state index contributed by atoms with van der Waals surface area (Å²) in [5.74, 6) is 0.772. The Bertz CT molecular complexity index is 1060. The Kier molecular flexibility index (Phi) is 7.93. The average Bonchev–Trinajstić information content (AvgIpc) is 3.29. The minimum atomic E-state index is -3.56. The van der Waals surface area contributed by atoms with Gasteiger partial charge in [-0.15, -0.1) is 0 Å². The highest BCUT2D eigenvalue weighted by Gasteiger charge is 2.27. The molecule has 1 unspecified atom stereocenters. The molecule has 1 fully saturated rings. The maximum absolute atomic E-state index is 13.5. The molecule has 1 aliphatic heterocycles. The average molecular weight is 460 g/mol. The fraction of sp³-hybridized carbons (Fsp3) is 0.375. The van der Waals surface area contributed by atoms with Gasteiger partial charge >= 0.3 is 0 Å². The summed E-state index contributed by atoms with van der Waals surface area (Å²) in [6, 6.07) is 11.8. The van der Waals surface area contributed by atoms with Crippen LogP contribution >= 0.6 is 0 Å². The second-order valence-electron chi connectivity index (χ2n) is 7.67. The van der Waals surface area contributed by atoms with Crippen LogP contribution in [0, 0.1) is 0 Å². The zero-order chi connectivity index (χ0) is 23.1. The predicted octanol–water partition coefficient (Wildman–Crippen LogP) is 3.48. The first-order chi connectivity index (χ1) is 15.3. The number of carbonyl (C=O) groups excluding carboxylic acids is 1. The summed E-state index contributed by atoms with van der Waals surface area (Å²) in [5.41, 5.74) is 0.988. The van der Waals surface area contributed by atoms with Crippen LogP contribution < -0.4 is 9.47 Å². The standard InChI is InChI=1S/C24H29NO6S/c1-4-13-31-21-12-11-18(15-22(21)29-2)16-25(17-19-8-7-14-30-19)24(26)20-9-5-6-10-23(20)32(3,27)28/h4-6,9-12,15,19H,1,7-8,13-14,16-17H2,2-3H3. The molecule has 0 saturated carbocycles. The summed E-state index contributed by atoms with van der Waals surface area (Å²) in [6.07, 6.45) is 4.47. The fourth-order valence-electron chi connectivity index (χ4n) is 3.69. The largest absolute Gasteiger partial charge is 0.493 e. The number of amides is 1. The van der Waals surface area contributed by atoms with Crippen LogP contribution in [0.25, 0.3) is 0 Å². The smallest absolute Gasteiger partial charge is 0.255 e. The molecule has 0 radical (unpaired) electrons. The number of methoxy groups -OCH3 is 1. The van der Waals surface area contributed by atoms with Gasteiger partial charge in [-0.1, -0.05) is 30.9 Å². The molecule has 0 bridgehead atoms. The van der Waals surface area contributed by atoms with E-state index in [1.807, 2.05) is 12.1 Å². The third-order valence-electron chi connectivity index (χ3n) is 5.21. The number of sulfone groups is 1. The first-order valence-electron chi connectivity index (χ1n) is 10.4. The van der Waals surface area contributed by atoms with Crippen LogP contribution in [-0.4, -0.2) is 58.5 Å². The fourth-order valence-corrected chi connectivity index (χ4v) is 4.57. The van der Waals surface area contributed by atoms with Crippen LogP contribution in [0.2, 0.25) is 0 Å². The minimum absolute atomic E-state index is 0.0214. The van der Waals surface area contributed by atoms with Gasteiger partial charge in [0.05, 0.1) is 23.7 Å². The predicted molar refractivity (Wildman–Crippen MR) is 122 cm³/mol. The van der Waals surface area contributed by atoms with Crippen molar-refractivity contribution >= 4 is 15.7 Å². The molecule has 1 amide bonds. The van der Waals surface area contributed by atoms with Crippen molar-refractivity contribution in [1.82, 2.24) is 4.90 Å². The topological polar surface area (TPSA) is 82.1 Å². The Balaban J connectivity index is 1.92. The lowest BCUT2D eigenvalue weighted by atomic mass is 10.1. The Hall–Kier alpha value is -2.84. The van der Waals surface area contributed by atoms with Gasteiger partial charge in [-0.3, -0.25) is 4.79 Å². The number of rotatable bonds is 10. The summed E-state index contributed by atoms with van der Waals surface area (Å²) in [5, 5.41) is 0. The molecule has 0 N–H and O–H groups in total. The minimum Gasteiger partial charge on any atom is -0.493 e. The van der Waals surface area contributed by atoms with E-state index in [1.54, 1.807) is 42.4 Å². The number of hydrogen-bond donors (Lipinski definition) is 0. The molecule has 172 valence electrons. The van der Waals surface area contributed by atoms with E-state index in [0.29, 0.717) is 31.3 Å². The van der Waals surface area contributed by atoms with Crippen molar-refractivity contribution in [2.24, 2.45) is 0 Å². The molecule has 1 saturated heterocycles. The molecule has 8 heteroatoms. The lowest BCUT2D eigenvalue weighted by Crippen LogP contribution is -2.37. The van der Waals surface area contributed by atoms with E-state index in [1.165, 1.54) is 6.07 Å². The van der Waals surface area contributed by atoms with Crippen LogP contribution in [0.3, 0.4) is 0 Å². The van der Waals surface area contributed by atoms with Gasteiger partial charge in [0.1, 0.15) is 6.61 Å². The van der Waals surface area contributed by atoms with Crippen LogP contribution in [-0.2, 0) is 21.1 Å². The number of ether oxygens (including phenoxy) is 3. The Morgan fingerprint density at radius 3 is 2.69 bits per heavy atom. The lowest BCUT2D eigenvalue weighted by Gasteiger charge is -2.27. The van der Waals surface area contributed by atoms with Crippen molar-refractivity contribution in [3.8, 4) is 11.5 Å². The maximum Gasteiger partial charge on any atom is 0.255 e. The summed E-state index contributed by atoms with van der Waals surface area (Å²) in [6.45, 7) is 5.30. The first-order valence-corrected chi connectivity index (χ1v) is 12.3. The molecule has 1 atom stereocenters. The Morgan fingerprint density at radius 2 is 2.03 bits per heavy atom. The van der Waals surface area contributed by atoms with Crippen LogP contribution in [0.1, 0.15) is 28.8 Å².